The molecule has 1 saturated heterocycles. The minimum Gasteiger partial charge on any atom is -0.296 e. The zero-order valence-corrected chi connectivity index (χ0v) is 12.9. The second kappa shape index (κ2) is 6.05. The number of rotatable bonds is 5. The fraction of sp³-hybridized carbons (Fsp3) is 0.444. The number of amides is 1. The van der Waals surface area contributed by atoms with E-state index >= 15 is 0 Å². The second-order valence-corrected chi connectivity index (χ2v) is 6.42. The fourth-order valence-electron chi connectivity index (χ4n) is 3.21. The van der Waals surface area contributed by atoms with Crippen LogP contribution in [0.1, 0.15) is 25.8 Å². The average Bonchev–Trinajstić information content (AvgIpc) is 2.80. The van der Waals surface area contributed by atoms with E-state index in [0.717, 1.165) is 5.56 Å². The molecule has 3 rings (SSSR count). The average molecular weight is 299 g/mol. The summed E-state index contributed by atoms with van der Waals surface area (Å²) >= 11 is 0. The van der Waals surface area contributed by atoms with Crippen molar-refractivity contribution in [3.63, 3.8) is 0 Å². The Kier molecular flexibility index (Phi) is 4.12. The van der Waals surface area contributed by atoms with Crippen LogP contribution in [0, 0.1) is 17.8 Å². The minimum atomic E-state index is -0.551. The van der Waals surface area contributed by atoms with E-state index in [1.807, 2.05) is 36.4 Å². The number of hydroxylamine groups is 2. The molecule has 0 radical (unpaired) electrons. The number of allylic oxidation sites excluding steroid dienone is 1. The van der Waals surface area contributed by atoms with Gasteiger partial charge in [-0.25, -0.2) is 5.06 Å². The first kappa shape index (κ1) is 15.0. The Hall–Kier alpha value is -1.94. The van der Waals surface area contributed by atoms with E-state index in [2.05, 4.69) is 13.8 Å². The van der Waals surface area contributed by atoms with Gasteiger partial charge in [-0.3, -0.25) is 14.4 Å². The Balaban J connectivity index is 1.76. The highest BCUT2D eigenvalue weighted by atomic mass is 16.7. The van der Waals surface area contributed by atoms with Crippen LogP contribution in [0.3, 0.4) is 0 Å². The van der Waals surface area contributed by atoms with Gasteiger partial charge >= 0.3 is 0 Å². The van der Waals surface area contributed by atoms with Crippen molar-refractivity contribution < 1.29 is 14.4 Å². The van der Waals surface area contributed by atoms with E-state index < -0.39 is 6.04 Å². The highest BCUT2D eigenvalue weighted by molar-refractivity contribution is 6.02. The number of carbonyl (C=O) groups excluding carboxylic acids is 2. The van der Waals surface area contributed by atoms with Crippen LogP contribution in [0.25, 0.3) is 0 Å². The molecule has 116 valence electrons. The molecule has 22 heavy (non-hydrogen) atoms. The molecule has 2 bridgehead atoms. The van der Waals surface area contributed by atoms with Crippen molar-refractivity contribution in [3.05, 3.63) is 48.0 Å². The number of hydrogen-bond acceptors (Lipinski definition) is 3. The lowest BCUT2D eigenvalue weighted by atomic mass is 9.81. The standard InChI is InChI=1S/C18H21NO3/c1-12(2)10-15-14-8-9-16(17(14)20)19(18(15)21)22-11-13-6-4-3-5-7-13/h3-9,12,14-16H,10-11H2,1-2H3/t14-,15+,16+/m1/s1. The van der Waals surface area contributed by atoms with Gasteiger partial charge in [0, 0.05) is 0 Å². The normalized spacial score (nSPS) is 27.0. The maximum Gasteiger partial charge on any atom is 0.251 e. The summed E-state index contributed by atoms with van der Waals surface area (Å²) in [6.45, 7) is 4.43. The largest absolute Gasteiger partial charge is 0.296 e. The van der Waals surface area contributed by atoms with Gasteiger partial charge in [0.1, 0.15) is 12.6 Å². The van der Waals surface area contributed by atoms with Gasteiger partial charge in [-0.1, -0.05) is 56.3 Å². The van der Waals surface area contributed by atoms with Crippen molar-refractivity contribution in [2.75, 3.05) is 0 Å². The molecule has 4 nitrogen and oxygen atoms in total. The highest BCUT2D eigenvalue weighted by Crippen LogP contribution is 2.36. The second-order valence-electron chi connectivity index (χ2n) is 6.42. The molecule has 0 spiro atoms. The van der Waals surface area contributed by atoms with Gasteiger partial charge in [-0.2, -0.15) is 0 Å². The smallest absolute Gasteiger partial charge is 0.251 e. The summed E-state index contributed by atoms with van der Waals surface area (Å²) in [4.78, 5) is 30.8. The predicted molar refractivity (Wildman–Crippen MR) is 82.4 cm³/mol. The van der Waals surface area contributed by atoms with Gasteiger partial charge in [0.05, 0.1) is 11.8 Å². The van der Waals surface area contributed by atoms with Gasteiger partial charge < -0.3 is 0 Å². The fourth-order valence-corrected chi connectivity index (χ4v) is 3.21. The molecule has 1 fully saturated rings. The molecule has 1 aliphatic heterocycles. The van der Waals surface area contributed by atoms with E-state index in [0.29, 0.717) is 18.9 Å². The molecule has 0 aromatic heterocycles. The molecule has 1 aliphatic carbocycles. The first-order chi connectivity index (χ1) is 10.6. The van der Waals surface area contributed by atoms with E-state index in [1.54, 1.807) is 6.08 Å². The molecular weight excluding hydrogens is 278 g/mol. The first-order valence-corrected chi connectivity index (χ1v) is 7.80. The first-order valence-electron chi connectivity index (χ1n) is 7.80. The minimum absolute atomic E-state index is 0.0655. The summed E-state index contributed by atoms with van der Waals surface area (Å²) in [6, 6.07) is 9.11. The zero-order chi connectivity index (χ0) is 15.7. The monoisotopic (exact) mass is 299 g/mol. The number of hydrogen-bond donors (Lipinski definition) is 0. The molecule has 1 aromatic rings. The Morgan fingerprint density at radius 2 is 1.86 bits per heavy atom. The molecule has 1 amide bonds. The third-order valence-corrected chi connectivity index (χ3v) is 4.28. The van der Waals surface area contributed by atoms with Crippen LogP contribution in [0.4, 0.5) is 0 Å². The molecule has 3 atom stereocenters. The number of nitrogens with zero attached hydrogens (tertiary/aromatic N) is 1. The summed E-state index contributed by atoms with van der Waals surface area (Å²) in [5, 5.41) is 1.29. The lowest BCUT2D eigenvalue weighted by Gasteiger charge is -2.36. The van der Waals surface area contributed by atoms with Crippen LogP contribution in [0.15, 0.2) is 42.5 Å². The number of piperidine rings is 1. The van der Waals surface area contributed by atoms with Crippen molar-refractivity contribution in [2.24, 2.45) is 17.8 Å². The van der Waals surface area contributed by atoms with Crippen molar-refractivity contribution in [1.82, 2.24) is 5.06 Å². The third kappa shape index (κ3) is 2.71. The molecule has 4 heteroatoms. The van der Waals surface area contributed by atoms with E-state index in [4.69, 9.17) is 4.84 Å². The van der Waals surface area contributed by atoms with Gasteiger partial charge in [-0.05, 0) is 17.9 Å². The van der Waals surface area contributed by atoms with Gasteiger partial charge in [0.15, 0.2) is 5.78 Å². The topological polar surface area (TPSA) is 46.6 Å². The zero-order valence-electron chi connectivity index (χ0n) is 12.9. The molecule has 2 aliphatic rings. The number of Topliss-reactive ketones (excluding diaryl/α,β-unsaturated/α-hetero) is 1. The highest BCUT2D eigenvalue weighted by Gasteiger charge is 2.49. The van der Waals surface area contributed by atoms with Crippen LogP contribution in [-0.2, 0) is 21.0 Å². The number of fused-ring (bicyclic) bond motifs is 2. The van der Waals surface area contributed by atoms with Gasteiger partial charge in [0.2, 0.25) is 0 Å². The molecule has 0 saturated carbocycles. The Labute approximate surface area is 130 Å². The maximum absolute atomic E-state index is 12.7. The number of ketones is 1. The quantitative estimate of drug-likeness (QED) is 0.785. The Morgan fingerprint density at radius 1 is 1.14 bits per heavy atom. The molecule has 1 heterocycles. The summed E-state index contributed by atoms with van der Waals surface area (Å²) in [5.74, 6) is -0.180. The molecular formula is C18H21NO3. The predicted octanol–water partition coefficient (Wildman–Crippen LogP) is 2.75. The molecule has 0 unspecified atom stereocenters. The lowest BCUT2D eigenvalue weighted by Crippen LogP contribution is -2.53. The maximum atomic E-state index is 12.7. The van der Waals surface area contributed by atoms with Crippen LogP contribution >= 0.6 is 0 Å². The van der Waals surface area contributed by atoms with E-state index in [9.17, 15) is 9.59 Å². The summed E-state index contributed by atoms with van der Waals surface area (Å²) in [6.07, 6.45) is 4.39. The van der Waals surface area contributed by atoms with Crippen LogP contribution < -0.4 is 0 Å². The van der Waals surface area contributed by atoms with Crippen LogP contribution in [0.2, 0.25) is 0 Å². The van der Waals surface area contributed by atoms with E-state index in [1.165, 1.54) is 5.06 Å². The van der Waals surface area contributed by atoms with Crippen LogP contribution in [0.5, 0.6) is 0 Å². The summed E-state index contributed by atoms with van der Waals surface area (Å²) in [7, 11) is 0. The molecule has 0 N–H and O–H groups in total. The number of carbonyl (C=O) groups is 2. The van der Waals surface area contributed by atoms with Gasteiger partial charge in [-0.15, -0.1) is 0 Å². The third-order valence-electron chi connectivity index (χ3n) is 4.28. The van der Waals surface area contributed by atoms with Crippen LogP contribution in [-0.4, -0.2) is 22.8 Å². The SMILES string of the molecule is CC(C)C[C@@H]1C(=O)N(OCc2ccccc2)[C@H]2C=C[C@H]1C2=O. The number of benzene rings is 1. The van der Waals surface area contributed by atoms with Gasteiger partial charge in [0.25, 0.3) is 5.91 Å². The van der Waals surface area contributed by atoms with E-state index in [-0.39, 0.29) is 23.5 Å². The van der Waals surface area contributed by atoms with Crippen molar-refractivity contribution in [2.45, 2.75) is 32.9 Å². The van der Waals surface area contributed by atoms with Crippen molar-refractivity contribution in [3.8, 4) is 0 Å². The van der Waals surface area contributed by atoms with Crippen molar-refractivity contribution in [1.29, 1.82) is 0 Å². The lowest BCUT2D eigenvalue weighted by molar-refractivity contribution is -0.212. The summed E-state index contributed by atoms with van der Waals surface area (Å²) in [5.41, 5.74) is 0.979. The summed E-state index contributed by atoms with van der Waals surface area (Å²) < 4.78 is 0. The Morgan fingerprint density at radius 3 is 2.55 bits per heavy atom. The van der Waals surface area contributed by atoms with Crippen molar-refractivity contribution >= 4 is 11.7 Å². The Bertz CT molecular complexity index is 594. The molecule has 1 aromatic carbocycles.